The number of carbonyl (C=O) groups is 1. The van der Waals surface area contributed by atoms with E-state index in [0.29, 0.717) is 18.0 Å². The summed E-state index contributed by atoms with van der Waals surface area (Å²) in [6.07, 6.45) is 2.42. The van der Waals surface area contributed by atoms with Crippen LogP contribution >= 0.6 is 0 Å². The minimum Gasteiger partial charge on any atom is -0.495 e. The summed E-state index contributed by atoms with van der Waals surface area (Å²) in [5.41, 5.74) is 3.06. The summed E-state index contributed by atoms with van der Waals surface area (Å²) in [5.74, 6) is 0.646. The molecule has 6 nitrogen and oxygen atoms in total. The van der Waals surface area contributed by atoms with E-state index in [1.54, 1.807) is 7.11 Å². The number of anilines is 2. The zero-order chi connectivity index (χ0) is 19.9. The topological polar surface area (TPSA) is 56.8 Å². The van der Waals surface area contributed by atoms with Crippen LogP contribution in [0.2, 0.25) is 0 Å². The summed E-state index contributed by atoms with van der Waals surface area (Å²) in [5, 5.41) is 5.92. The van der Waals surface area contributed by atoms with Gasteiger partial charge in [0.1, 0.15) is 5.75 Å². The Morgan fingerprint density at radius 2 is 1.79 bits per heavy atom. The molecular weight excluding hydrogens is 352 g/mol. The number of likely N-dealkylation sites (tertiary alicyclic amines) is 1. The molecule has 0 bridgehead atoms. The largest absolute Gasteiger partial charge is 0.495 e. The van der Waals surface area contributed by atoms with Crippen LogP contribution in [0.3, 0.4) is 0 Å². The van der Waals surface area contributed by atoms with E-state index in [1.165, 1.54) is 24.1 Å². The smallest absolute Gasteiger partial charge is 0.319 e. The zero-order valence-corrected chi connectivity index (χ0v) is 16.9. The second-order valence-corrected chi connectivity index (χ2v) is 7.28. The number of rotatable bonds is 7. The molecule has 1 fully saturated rings. The van der Waals surface area contributed by atoms with Crippen LogP contribution in [0.4, 0.5) is 16.2 Å². The minimum atomic E-state index is -0.224. The quantitative estimate of drug-likeness (QED) is 0.766. The highest BCUT2D eigenvalue weighted by atomic mass is 16.5. The highest BCUT2D eigenvalue weighted by Crippen LogP contribution is 2.27. The molecule has 2 aromatic carbocycles. The van der Waals surface area contributed by atoms with Gasteiger partial charge in [-0.25, -0.2) is 4.79 Å². The van der Waals surface area contributed by atoms with Crippen LogP contribution in [0, 0.1) is 0 Å². The van der Waals surface area contributed by atoms with Gasteiger partial charge in [0.05, 0.1) is 18.8 Å². The van der Waals surface area contributed by atoms with Crippen molar-refractivity contribution in [1.29, 1.82) is 0 Å². The van der Waals surface area contributed by atoms with Gasteiger partial charge < -0.3 is 20.3 Å². The van der Waals surface area contributed by atoms with Crippen LogP contribution in [0.15, 0.2) is 48.5 Å². The number of benzene rings is 2. The standard InChI is InChI=1S/C22H30N4O2/c1-25(2)18-12-10-17(11-13-18)20(26-14-6-7-15-26)16-23-22(27)24-19-8-4-5-9-21(19)28-3/h4-5,8-13,20H,6-7,14-16H2,1-3H3,(H2,23,24,27)/t20-/m0/s1. The van der Waals surface area contributed by atoms with Crippen molar-refractivity contribution in [3.8, 4) is 5.75 Å². The molecule has 28 heavy (non-hydrogen) atoms. The van der Waals surface area contributed by atoms with Gasteiger partial charge in [0.15, 0.2) is 0 Å². The van der Waals surface area contributed by atoms with Gasteiger partial charge in [-0.1, -0.05) is 24.3 Å². The highest BCUT2D eigenvalue weighted by molar-refractivity contribution is 5.90. The fraction of sp³-hybridized carbons (Fsp3) is 0.409. The molecule has 0 saturated carbocycles. The van der Waals surface area contributed by atoms with E-state index in [2.05, 4.69) is 44.7 Å². The number of hydrogen-bond acceptors (Lipinski definition) is 4. The molecular formula is C22H30N4O2. The molecule has 150 valence electrons. The zero-order valence-electron chi connectivity index (χ0n) is 16.9. The summed E-state index contributed by atoms with van der Waals surface area (Å²) < 4.78 is 5.30. The first-order valence-corrected chi connectivity index (χ1v) is 9.77. The molecule has 1 saturated heterocycles. The average molecular weight is 383 g/mol. The molecule has 0 aromatic heterocycles. The predicted octanol–water partition coefficient (Wildman–Crippen LogP) is 3.72. The van der Waals surface area contributed by atoms with Gasteiger partial charge in [-0.15, -0.1) is 0 Å². The number of nitrogens with one attached hydrogen (secondary N) is 2. The SMILES string of the molecule is COc1ccccc1NC(=O)NC[C@@H](c1ccc(N(C)C)cc1)N1CCCC1. The Balaban J connectivity index is 1.67. The summed E-state index contributed by atoms with van der Waals surface area (Å²) in [6, 6.07) is 15.9. The number of ether oxygens (including phenoxy) is 1. The molecule has 0 radical (unpaired) electrons. The molecule has 0 aliphatic carbocycles. The predicted molar refractivity (Wildman–Crippen MR) is 114 cm³/mol. The maximum absolute atomic E-state index is 12.5. The Morgan fingerprint density at radius 1 is 1.11 bits per heavy atom. The molecule has 1 heterocycles. The van der Waals surface area contributed by atoms with Crippen molar-refractivity contribution in [2.45, 2.75) is 18.9 Å². The van der Waals surface area contributed by atoms with Crippen molar-refractivity contribution in [2.24, 2.45) is 0 Å². The molecule has 2 amide bonds. The van der Waals surface area contributed by atoms with Crippen molar-refractivity contribution in [3.05, 3.63) is 54.1 Å². The molecule has 0 unspecified atom stereocenters. The Labute approximate surface area is 167 Å². The molecule has 1 atom stereocenters. The maximum atomic E-state index is 12.5. The third-order valence-electron chi connectivity index (χ3n) is 5.19. The van der Waals surface area contributed by atoms with Gasteiger partial charge in [-0.3, -0.25) is 4.90 Å². The first kappa shape index (κ1) is 20.0. The van der Waals surface area contributed by atoms with Gasteiger partial charge in [0.25, 0.3) is 0 Å². The van der Waals surface area contributed by atoms with E-state index < -0.39 is 0 Å². The average Bonchev–Trinajstić information content (AvgIpc) is 3.23. The molecule has 6 heteroatoms. The first-order chi connectivity index (χ1) is 13.6. The van der Waals surface area contributed by atoms with Crippen molar-refractivity contribution >= 4 is 17.4 Å². The summed E-state index contributed by atoms with van der Waals surface area (Å²) in [7, 11) is 5.67. The Hall–Kier alpha value is -2.73. The first-order valence-electron chi connectivity index (χ1n) is 9.77. The third kappa shape index (κ3) is 4.95. The van der Waals surface area contributed by atoms with Gasteiger partial charge in [0, 0.05) is 26.3 Å². The Bertz CT molecular complexity index is 770. The number of para-hydroxylation sites is 2. The van der Waals surface area contributed by atoms with Crippen LogP contribution < -0.4 is 20.3 Å². The fourth-order valence-electron chi connectivity index (χ4n) is 3.61. The number of hydrogen-bond donors (Lipinski definition) is 2. The lowest BCUT2D eigenvalue weighted by atomic mass is 10.0. The van der Waals surface area contributed by atoms with E-state index in [0.717, 1.165) is 13.1 Å². The van der Waals surface area contributed by atoms with E-state index in [-0.39, 0.29) is 12.1 Å². The van der Waals surface area contributed by atoms with Crippen molar-refractivity contribution in [2.75, 3.05) is 51.1 Å². The highest BCUT2D eigenvalue weighted by Gasteiger charge is 2.24. The van der Waals surface area contributed by atoms with Crippen LogP contribution in [0.5, 0.6) is 5.75 Å². The summed E-state index contributed by atoms with van der Waals surface area (Å²) >= 11 is 0. The second kappa shape index (κ2) is 9.46. The van der Waals surface area contributed by atoms with Crippen molar-refractivity contribution in [1.82, 2.24) is 10.2 Å². The second-order valence-electron chi connectivity index (χ2n) is 7.28. The number of nitrogens with zero attached hydrogens (tertiary/aromatic N) is 2. The third-order valence-corrected chi connectivity index (χ3v) is 5.19. The molecule has 1 aliphatic rings. The fourth-order valence-corrected chi connectivity index (χ4v) is 3.61. The number of amides is 2. The Kier molecular flexibility index (Phi) is 6.76. The van der Waals surface area contributed by atoms with Crippen molar-refractivity contribution in [3.63, 3.8) is 0 Å². The van der Waals surface area contributed by atoms with E-state index in [4.69, 9.17) is 4.74 Å². The lowest BCUT2D eigenvalue weighted by molar-refractivity contribution is 0.227. The molecule has 2 aromatic rings. The maximum Gasteiger partial charge on any atom is 0.319 e. The van der Waals surface area contributed by atoms with Crippen LogP contribution in [-0.2, 0) is 0 Å². The summed E-state index contributed by atoms with van der Waals surface area (Å²) in [4.78, 5) is 17.0. The van der Waals surface area contributed by atoms with E-state index >= 15 is 0 Å². The monoisotopic (exact) mass is 382 g/mol. The summed E-state index contributed by atoms with van der Waals surface area (Å²) in [6.45, 7) is 2.69. The lowest BCUT2D eigenvalue weighted by Gasteiger charge is -2.28. The van der Waals surface area contributed by atoms with E-state index in [9.17, 15) is 4.79 Å². The molecule has 3 rings (SSSR count). The number of urea groups is 1. The normalized spacial score (nSPS) is 15.1. The van der Waals surface area contributed by atoms with Gasteiger partial charge in [-0.2, -0.15) is 0 Å². The molecule has 0 spiro atoms. The minimum absolute atomic E-state index is 0.169. The van der Waals surface area contributed by atoms with Crippen LogP contribution in [-0.4, -0.2) is 51.8 Å². The van der Waals surface area contributed by atoms with Gasteiger partial charge in [0.2, 0.25) is 0 Å². The molecule has 1 aliphatic heterocycles. The van der Waals surface area contributed by atoms with Crippen LogP contribution in [0.25, 0.3) is 0 Å². The van der Waals surface area contributed by atoms with Crippen LogP contribution in [0.1, 0.15) is 24.4 Å². The number of methoxy groups -OCH3 is 1. The molecule has 2 N–H and O–H groups in total. The lowest BCUT2D eigenvalue weighted by Crippen LogP contribution is -2.38. The number of carbonyl (C=O) groups excluding carboxylic acids is 1. The van der Waals surface area contributed by atoms with Gasteiger partial charge >= 0.3 is 6.03 Å². The van der Waals surface area contributed by atoms with Gasteiger partial charge in [-0.05, 0) is 55.8 Å². The van der Waals surface area contributed by atoms with Crippen molar-refractivity contribution < 1.29 is 9.53 Å². The van der Waals surface area contributed by atoms with E-state index in [1.807, 2.05) is 38.4 Å². The Morgan fingerprint density at radius 3 is 2.43 bits per heavy atom.